The van der Waals surface area contributed by atoms with Gasteiger partial charge in [-0.05, 0) is 36.8 Å². The Bertz CT molecular complexity index is 1120. The molecule has 1 aliphatic rings. The van der Waals surface area contributed by atoms with Crippen LogP contribution in [0.15, 0.2) is 47.5 Å². The number of aromatic hydroxyl groups is 1. The number of carbonyl (C=O) groups is 1. The van der Waals surface area contributed by atoms with Crippen LogP contribution in [-0.2, 0) is 0 Å². The van der Waals surface area contributed by atoms with E-state index in [0.29, 0.717) is 15.7 Å². The van der Waals surface area contributed by atoms with Crippen LogP contribution in [0.25, 0.3) is 11.6 Å². The summed E-state index contributed by atoms with van der Waals surface area (Å²) in [5.41, 5.74) is 4.50. The Morgan fingerprint density at radius 3 is 2.85 bits per heavy atom. The molecule has 0 saturated carbocycles. The topological polar surface area (TPSA) is 94.8 Å². The Hall–Kier alpha value is -3.45. The van der Waals surface area contributed by atoms with Gasteiger partial charge >= 0.3 is 5.97 Å². The summed E-state index contributed by atoms with van der Waals surface area (Å²) >= 11 is 1.28. The fourth-order valence-electron chi connectivity index (χ4n) is 2.77. The Kier molecular flexibility index (Phi) is 4.21. The molecule has 3 aromatic rings. The number of hydrogen-bond acceptors (Lipinski definition) is 6. The number of thiazole rings is 1. The van der Waals surface area contributed by atoms with Crippen molar-refractivity contribution < 1.29 is 15.0 Å². The highest BCUT2D eigenvalue weighted by atomic mass is 32.1. The lowest BCUT2D eigenvalue weighted by atomic mass is 10.1. The number of allylic oxidation sites excluding steroid dienone is 1. The van der Waals surface area contributed by atoms with Gasteiger partial charge in [-0.25, -0.2) is 4.79 Å². The van der Waals surface area contributed by atoms with Crippen molar-refractivity contribution in [1.29, 1.82) is 0 Å². The monoisotopic (exact) mass is 377 g/mol. The molecule has 0 fully saturated rings. The van der Waals surface area contributed by atoms with Crippen LogP contribution in [-0.4, -0.2) is 27.4 Å². The second kappa shape index (κ2) is 6.69. The first-order valence-corrected chi connectivity index (χ1v) is 8.99. The molecule has 134 valence electrons. The highest BCUT2D eigenvalue weighted by Crippen LogP contribution is 2.37. The molecule has 0 saturated heterocycles. The molecule has 6 nitrogen and oxygen atoms in total. The van der Waals surface area contributed by atoms with E-state index in [0.717, 1.165) is 22.4 Å². The van der Waals surface area contributed by atoms with Gasteiger partial charge in [-0.15, -0.1) is 0 Å². The van der Waals surface area contributed by atoms with Crippen LogP contribution in [0.2, 0.25) is 0 Å². The molecule has 1 aromatic heterocycles. The number of aromatic nitrogens is 1. The van der Waals surface area contributed by atoms with Gasteiger partial charge in [0.1, 0.15) is 0 Å². The van der Waals surface area contributed by atoms with E-state index in [1.165, 1.54) is 11.3 Å². The maximum absolute atomic E-state index is 11.2. The van der Waals surface area contributed by atoms with Crippen LogP contribution in [0.1, 0.15) is 26.4 Å². The number of aromatic carboxylic acids is 1. The molecule has 0 radical (unpaired) electrons. The molecule has 3 N–H and O–H groups in total. The average molecular weight is 377 g/mol. The van der Waals surface area contributed by atoms with E-state index < -0.39 is 5.97 Å². The minimum absolute atomic E-state index is 0.0835. The molecular formula is C20H15N3O3S. The quantitative estimate of drug-likeness (QED) is 0.604. The number of hydrogen-bond donors (Lipinski definition) is 3. The van der Waals surface area contributed by atoms with Crippen molar-refractivity contribution in [2.75, 3.05) is 5.32 Å². The van der Waals surface area contributed by atoms with Crippen molar-refractivity contribution in [1.82, 2.24) is 4.98 Å². The Balaban J connectivity index is 1.64. The third-order valence-electron chi connectivity index (χ3n) is 4.20. The molecule has 0 amide bonds. The summed E-state index contributed by atoms with van der Waals surface area (Å²) in [5, 5.41) is 22.9. The number of fused-ring (bicyclic) bond motifs is 1. The van der Waals surface area contributed by atoms with Crippen molar-refractivity contribution in [2.45, 2.75) is 6.92 Å². The zero-order valence-electron chi connectivity index (χ0n) is 14.3. The Morgan fingerprint density at radius 1 is 1.22 bits per heavy atom. The van der Waals surface area contributed by atoms with Gasteiger partial charge in [-0.1, -0.05) is 35.6 Å². The summed E-state index contributed by atoms with van der Waals surface area (Å²) in [6.45, 7) is 1.87. The summed E-state index contributed by atoms with van der Waals surface area (Å²) in [5.74, 6) is -1.08. The number of carboxylic acid groups (broad SMARTS) is 1. The molecule has 0 bridgehead atoms. The number of anilines is 2. The third kappa shape index (κ3) is 3.32. The third-order valence-corrected chi connectivity index (χ3v) is 5.11. The van der Waals surface area contributed by atoms with Crippen molar-refractivity contribution in [3.05, 3.63) is 64.0 Å². The first kappa shape index (κ1) is 17.0. The number of nitrogens with one attached hydrogen (secondary N) is 1. The lowest BCUT2D eigenvalue weighted by molar-refractivity contribution is 0.0697. The first-order valence-electron chi connectivity index (χ1n) is 8.17. The van der Waals surface area contributed by atoms with Gasteiger partial charge in [0, 0.05) is 23.0 Å². The summed E-state index contributed by atoms with van der Waals surface area (Å²) in [6, 6.07) is 12.6. The summed E-state index contributed by atoms with van der Waals surface area (Å²) < 4.78 is 0. The van der Waals surface area contributed by atoms with Gasteiger partial charge in [-0.2, -0.15) is 4.98 Å². The molecule has 0 unspecified atom stereocenters. The van der Waals surface area contributed by atoms with Crippen LogP contribution in [0.4, 0.5) is 16.5 Å². The van der Waals surface area contributed by atoms with Gasteiger partial charge in [0.15, 0.2) is 5.13 Å². The maximum atomic E-state index is 11.2. The molecule has 7 heteroatoms. The number of nitrogens with zero attached hydrogens (tertiary/aromatic N) is 2. The fraction of sp³-hybridized carbons (Fsp3) is 0.0500. The standard InChI is InChI=1S/C20H15N3O3S/c1-11-6-7-12(19(25)26)8-16(11)22-20-23-18(24)17(27-20)9-13-10-21-15-5-3-2-4-14(13)15/h2-10,24H,1H3,(H,22,23)(H,25,26)/b13-9+. The van der Waals surface area contributed by atoms with E-state index in [9.17, 15) is 9.90 Å². The molecule has 0 atom stereocenters. The highest BCUT2D eigenvalue weighted by Gasteiger charge is 2.15. The molecule has 4 rings (SSSR count). The second-order valence-corrected chi connectivity index (χ2v) is 7.07. The van der Waals surface area contributed by atoms with Crippen molar-refractivity contribution in [3.8, 4) is 5.88 Å². The van der Waals surface area contributed by atoms with Crippen LogP contribution in [0.5, 0.6) is 5.88 Å². The van der Waals surface area contributed by atoms with Crippen LogP contribution in [0, 0.1) is 6.92 Å². The molecule has 1 aliphatic heterocycles. The van der Waals surface area contributed by atoms with Crippen LogP contribution < -0.4 is 5.32 Å². The van der Waals surface area contributed by atoms with Gasteiger partial charge in [0.2, 0.25) is 5.88 Å². The summed E-state index contributed by atoms with van der Waals surface area (Å²) in [6.07, 6.45) is 3.60. The zero-order chi connectivity index (χ0) is 19.0. The molecule has 2 aromatic carbocycles. The van der Waals surface area contributed by atoms with E-state index in [2.05, 4.69) is 15.3 Å². The van der Waals surface area contributed by atoms with Crippen LogP contribution in [0.3, 0.4) is 0 Å². The van der Waals surface area contributed by atoms with Crippen molar-refractivity contribution in [2.24, 2.45) is 4.99 Å². The van der Waals surface area contributed by atoms with Gasteiger partial charge in [0.05, 0.1) is 16.1 Å². The average Bonchev–Trinajstić information content (AvgIpc) is 3.21. The zero-order valence-corrected chi connectivity index (χ0v) is 15.1. The number of aryl methyl sites for hydroxylation is 1. The largest absolute Gasteiger partial charge is 0.492 e. The van der Waals surface area contributed by atoms with Crippen molar-refractivity contribution >= 4 is 51.7 Å². The number of rotatable bonds is 4. The highest BCUT2D eigenvalue weighted by molar-refractivity contribution is 7.16. The van der Waals surface area contributed by atoms with E-state index in [1.54, 1.807) is 24.4 Å². The maximum Gasteiger partial charge on any atom is 0.335 e. The normalized spacial score (nSPS) is 13.7. The van der Waals surface area contributed by atoms with Crippen LogP contribution >= 0.6 is 11.3 Å². The van der Waals surface area contributed by atoms with Crippen molar-refractivity contribution in [3.63, 3.8) is 0 Å². The predicted molar refractivity (Wildman–Crippen MR) is 108 cm³/mol. The van der Waals surface area contributed by atoms with E-state index in [1.807, 2.05) is 37.3 Å². The molecule has 2 heterocycles. The number of carboxylic acids is 1. The fourth-order valence-corrected chi connectivity index (χ4v) is 3.60. The van der Waals surface area contributed by atoms with E-state index in [-0.39, 0.29) is 11.4 Å². The smallest absolute Gasteiger partial charge is 0.335 e. The second-order valence-electron chi connectivity index (χ2n) is 6.04. The lowest BCUT2D eigenvalue weighted by Gasteiger charge is -2.07. The first-order chi connectivity index (χ1) is 13.0. The predicted octanol–water partition coefficient (Wildman–Crippen LogP) is 4.86. The molecule has 0 aliphatic carbocycles. The molecular weight excluding hydrogens is 362 g/mol. The molecule has 27 heavy (non-hydrogen) atoms. The minimum Gasteiger partial charge on any atom is -0.492 e. The number of aliphatic imine (C=N–C) groups is 1. The molecule has 0 spiro atoms. The Labute approximate surface area is 159 Å². The SMILES string of the molecule is Cc1ccc(C(=O)O)cc1Nc1nc(O)c(/C=C2\C=Nc3ccccc32)s1. The van der Waals surface area contributed by atoms with E-state index >= 15 is 0 Å². The van der Waals surface area contributed by atoms with Gasteiger partial charge in [0.25, 0.3) is 0 Å². The minimum atomic E-state index is -0.996. The Morgan fingerprint density at radius 2 is 2.04 bits per heavy atom. The summed E-state index contributed by atoms with van der Waals surface area (Å²) in [4.78, 5) is 20.3. The number of para-hydroxylation sites is 1. The summed E-state index contributed by atoms with van der Waals surface area (Å²) in [7, 11) is 0. The van der Waals surface area contributed by atoms with Gasteiger partial charge < -0.3 is 15.5 Å². The number of benzene rings is 2. The van der Waals surface area contributed by atoms with E-state index in [4.69, 9.17) is 5.11 Å². The lowest BCUT2D eigenvalue weighted by Crippen LogP contribution is -1.99. The van der Waals surface area contributed by atoms with Gasteiger partial charge in [-0.3, -0.25) is 4.99 Å².